The molecule has 0 unspecified atom stereocenters. The Morgan fingerprint density at radius 3 is 2.70 bits per heavy atom. The van der Waals surface area contributed by atoms with Crippen LogP contribution in [0.4, 0.5) is 0 Å². The third-order valence-corrected chi connectivity index (χ3v) is 1.62. The molecule has 1 N–H and O–H groups in total. The van der Waals surface area contributed by atoms with E-state index in [9.17, 15) is 4.21 Å². The van der Waals surface area contributed by atoms with Crippen LogP contribution in [-0.2, 0) is 10.8 Å². The topological polar surface area (TPSA) is 37.3 Å². The van der Waals surface area contributed by atoms with Gasteiger partial charge in [-0.05, 0) is 12.5 Å². The van der Waals surface area contributed by atoms with E-state index >= 15 is 0 Å². The Morgan fingerprint density at radius 1 is 1.70 bits per heavy atom. The second kappa shape index (κ2) is 5.62. The fourth-order valence-electron chi connectivity index (χ4n) is 0.593. The maximum absolute atomic E-state index is 10.5. The first kappa shape index (κ1) is 9.85. The lowest BCUT2D eigenvalue weighted by Crippen LogP contribution is -2.00. The van der Waals surface area contributed by atoms with Crippen molar-refractivity contribution in [3.8, 4) is 0 Å². The van der Waals surface area contributed by atoms with Crippen LogP contribution in [0.5, 0.6) is 0 Å². The largest absolute Gasteiger partial charge is 0.389 e. The smallest absolute Gasteiger partial charge is 0.0729 e. The summed E-state index contributed by atoms with van der Waals surface area (Å²) in [6.07, 6.45) is 4.43. The molecule has 0 aliphatic heterocycles. The third kappa shape index (κ3) is 5.98. The quantitative estimate of drug-likeness (QED) is 0.670. The maximum atomic E-state index is 10.5. The summed E-state index contributed by atoms with van der Waals surface area (Å²) >= 11 is 0. The van der Waals surface area contributed by atoms with E-state index in [4.69, 9.17) is 5.11 Å². The summed E-state index contributed by atoms with van der Waals surface area (Å²) in [7, 11) is -0.930. The molecule has 0 heterocycles. The molecule has 0 saturated heterocycles. The number of rotatable bonds is 4. The van der Waals surface area contributed by atoms with Gasteiger partial charge in [0.2, 0.25) is 0 Å². The minimum Gasteiger partial charge on any atom is -0.389 e. The zero-order valence-corrected chi connectivity index (χ0v) is 7.23. The molecule has 0 radical (unpaired) electrons. The van der Waals surface area contributed by atoms with Crippen molar-refractivity contribution in [2.45, 2.75) is 25.9 Å². The molecule has 2 atom stereocenters. The zero-order chi connectivity index (χ0) is 7.98. The van der Waals surface area contributed by atoms with Gasteiger partial charge in [-0.25, -0.2) is 0 Å². The molecule has 0 spiro atoms. The summed E-state index contributed by atoms with van der Waals surface area (Å²) in [5.74, 6) is 0. The van der Waals surface area contributed by atoms with Crippen molar-refractivity contribution >= 4 is 10.8 Å². The highest BCUT2D eigenvalue weighted by molar-refractivity contribution is 7.87. The lowest BCUT2D eigenvalue weighted by Gasteiger charge is -1.99. The molecule has 0 amide bonds. The highest BCUT2D eigenvalue weighted by Crippen LogP contribution is 1.97. The van der Waals surface area contributed by atoms with Gasteiger partial charge in [0.1, 0.15) is 0 Å². The average Bonchev–Trinajstić information content (AvgIpc) is 1.85. The monoisotopic (exact) mass is 162 g/mol. The predicted octanol–water partition coefficient (Wildman–Crippen LogP) is 1.04. The van der Waals surface area contributed by atoms with E-state index in [1.54, 1.807) is 12.3 Å². The van der Waals surface area contributed by atoms with E-state index in [2.05, 4.69) is 0 Å². The number of hydrogen-bond donors (Lipinski definition) is 1. The Kier molecular flexibility index (Phi) is 5.54. The lowest BCUT2D eigenvalue weighted by atomic mass is 10.2. The van der Waals surface area contributed by atoms with Gasteiger partial charge >= 0.3 is 0 Å². The zero-order valence-electron chi connectivity index (χ0n) is 6.41. The van der Waals surface area contributed by atoms with Crippen molar-refractivity contribution in [2.24, 2.45) is 0 Å². The highest BCUT2D eigenvalue weighted by Gasteiger charge is 1.94. The second-order valence-corrected chi connectivity index (χ2v) is 3.45. The average molecular weight is 162 g/mol. The molecule has 0 saturated carbocycles. The summed E-state index contributed by atoms with van der Waals surface area (Å²) in [6, 6.07) is 0. The van der Waals surface area contributed by atoms with Crippen molar-refractivity contribution in [2.75, 3.05) is 6.26 Å². The summed E-state index contributed by atoms with van der Waals surface area (Å²) in [6.45, 7) is 2.00. The van der Waals surface area contributed by atoms with Crippen LogP contribution in [0.25, 0.3) is 0 Å². The predicted molar refractivity (Wildman–Crippen MR) is 44.1 cm³/mol. The third-order valence-electron chi connectivity index (χ3n) is 1.08. The van der Waals surface area contributed by atoms with Crippen molar-refractivity contribution in [1.29, 1.82) is 0 Å². The minimum absolute atomic E-state index is 0.422. The summed E-state index contributed by atoms with van der Waals surface area (Å²) in [5.41, 5.74) is 0. The van der Waals surface area contributed by atoms with Gasteiger partial charge in [0, 0.05) is 22.5 Å². The van der Waals surface area contributed by atoms with E-state index in [1.807, 2.05) is 6.92 Å². The van der Waals surface area contributed by atoms with Crippen LogP contribution in [0.2, 0.25) is 0 Å². The van der Waals surface area contributed by atoms with Gasteiger partial charge in [-0.2, -0.15) is 0 Å². The minimum atomic E-state index is -0.930. The van der Waals surface area contributed by atoms with Gasteiger partial charge in [0.15, 0.2) is 0 Å². The fraction of sp³-hybridized carbons (Fsp3) is 0.714. The molecule has 0 aromatic carbocycles. The van der Waals surface area contributed by atoms with Gasteiger partial charge in [-0.3, -0.25) is 4.21 Å². The Balaban J connectivity index is 3.55. The molecule has 10 heavy (non-hydrogen) atoms. The van der Waals surface area contributed by atoms with Crippen LogP contribution in [0, 0.1) is 0 Å². The number of aliphatic hydroxyl groups is 1. The molecule has 0 aromatic rings. The van der Waals surface area contributed by atoms with Crippen molar-refractivity contribution in [1.82, 2.24) is 0 Å². The molecule has 0 aromatic heterocycles. The van der Waals surface area contributed by atoms with E-state index in [1.165, 1.54) is 5.41 Å². The molecule has 0 fully saturated rings. The van der Waals surface area contributed by atoms with E-state index in [0.717, 1.165) is 12.8 Å². The molecule has 0 aliphatic rings. The first-order chi connectivity index (χ1) is 4.66. The summed E-state index contributed by atoms with van der Waals surface area (Å²) in [5, 5.41) is 10.6. The number of aliphatic hydroxyl groups excluding tert-OH is 1. The molecule has 0 bridgehead atoms. The molecular formula is C7H14O2S. The first-order valence-electron chi connectivity index (χ1n) is 3.35. The number of hydrogen-bond acceptors (Lipinski definition) is 2. The highest BCUT2D eigenvalue weighted by atomic mass is 32.2. The fourth-order valence-corrected chi connectivity index (χ4v) is 0.996. The van der Waals surface area contributed by atoms with Crippen LogP contribution < -0.4 is 0 Å². The molecule has 2 nitrogen and oxygen atoms in total. The Morgan fingerprint density at radius 2 is 2.30 bits per heavy atom. The van der Waals surface area contributed by atoms with Crippen LogP contribution in [0.15, 0.2) is 11.5 Å². The van der Waals surface area contributed by atoms with Crippen molar-refractivity contribution in [3.63, 3.8) is 0 Å². The van der Waals surface area contributed by atoms with Crippen molar-refractivity contribution in [3.05, 3.63) is 11.5 Å². The summed E-state index contributed by atoms with van der Waals surface area (Å²) in [4.78, 5) is 0. The molecule has 60 valence electrons. The molecule has 0 rings (SSSR count). The summed E-state index contributed by atoms with van der Waals surface area (Å²) < 4.78 is 10.5. The van der Waals surface area contributed by atoms with E-state index < -0.39 is 16.9 Å². The van der Waals surface area contributed by atoms with Crippen LogP contribution in [-0.4, -0.2) is 21.7 Å². The standard InChI is InChI=1S/C7H14O2S/c1-3-4-7(8)5-6-10(2)9/h5-8H,3-4H2,1-2H3/b6-5+/t7-,10+/m0/s1. The van der Waals surface area contributed by atoms with Crippen molar-refractivity contribution < 1.29 is 9.32 Å². The molecule has 0 aliphatic carbocycles. The normalized spacial score (nSPS) is 17.5. The molecular weight excluding hydrogens is 148 g/mol. The van der Waals surface area contributed by atoms with E-state index in [0.29, 0.717) is 0 Å². The maximum Gasteiger partial charge on any atom is 0.0729 e. The van der Waals surface area contributed by atoms with Gasteiger partial charge in [-0.15, -0.1) is 0 Å². The van der Waals surface area contributed by atoms with Gasteiger partial charge in [0.05, 0.1) is 6.10 Å². The Labute approximate surface area is 64.4 Å². The van der Waals surface area contributed by atoms with Crippen LogP contribution in [0.1, 0.15) is 19.8 Å². The second-order valence-electron chi connectivity index (χ2n) is 2.18. The van der Waals surface area contributed by atoms with Gasteiger partial charge < -0.3 is 5.11 Å². The SMILES string of the molecule is CCC[C@H](O)/C=C/[S@@](C)=O. The van der Waals surface area contributed by atoms with Gasteiger partial charge in [0.25, 0.3) is 0 Å². The molecule has 3 heteroatoms. The van der Waals surface area contributed by atoms with E-state index in [-0.39, 0.29) is 0 Å². The van der Waals surface area contributed by atoms with Crippen LogP contribution >= 0.6 is 0 Å². The van der Waals surface area contributed by atoms with Gasteiger partial charge in [-0.1, -0.05) is 13.3 Å². The lowest BCUT2D eigenvalue weighted by molar-refractivity contribution is 0.212. The Hall–Kier alpha value is -0.150. The van der Waals surface area contributed by atoms with Crippen LogP contribution in [0.3, 0.4) is 0 Å². The Bertz CT molecular complexity index is 132. The first-order valence-corrected chi connectivity index (χ1v) is 4.97.